The fourth-order valence-electron chi connectivity index (χ4n) is 12.9. The number of benzene rings is 2. The predicted octanol–water partition coefficient (Wildman–Crippen LogP) is 4.99. The monoisotopic (exact) mass is 1530 g/mol. The number of likely N-dealkylation sites (N-methyl/N-ethyl adjacent to an activating group) is 2. The summed E-state index contributed by atoms with van der Waals surface area (Å²) in [7, 11) is 8.23. The number of halogens is 5. The maximum atomic E-state index is 14.5. The molecule has 10 unspecified atom stereocenters. The highest BCUT2D eigenvalue weighted by molar-refractivity contribution is 5.98. The molecule has 2 aliphatic heterocycles. The Morgan fingerprint density at radius 2 is 1.35 bits per heavy atom. The molecule has 2 aliphatic rings. The van der Waals surface area contributed by atoms with E-state index >= 15 is 0 Å². The molecule has 11 amide bonds. The summed E-state index contributed by atoms with van der Waals surface area (Å²) in [6.07, 6.45) is -0.281. The van der Waals surface area contributed by atoms with Crippen LogP contribution in [0.15, 0.2) is 90.0 Å². The first kappa shape index (κ1) is 91.4. The molecule has 2 fully saturated rings. The van der Waals surface area contributed by atoms with Crippen molar-refractivity contribution in [2.75, 3.05) is 113 Å². The third kappa shape index (κ3) is 29.5. The summed E-state index contributed by atoms with van der Waals surface area (Å²) in [4.78, 5) is 153. The number of anilines is 1. The average molecular weight is 1530 g/mol. The molecule has 108 heavy (non-hydrogen) atoms. The zero-order chi connectivity index (χ0) is 80.3. The number of piperidine rings is 1. The van der Waals surface area contributed by atoms with E-state index < -0.39 is 156 Å². The van der Waals surface area contributed by atoms with Gasteiger partial charge in [0, 0.05) is 65.6 Å². The molecule has 0 radical (unpaired) electrons. The lowest BCUT2D eigenvalue weighted by Gasteiger charge is -2.39. The molecular weight excluding hydrogens is 1420 g/mol. The van der Waals surface area contributed by atoms with Crippen LogP contribution in [-0.2, 0) is 89.3 Å². The number of ether oxygens (including phenoxy) is 6. The van der Waals surface area contributed by atoms with Gasteiger partial charge in [0.25, 0.3) is 0 Å². The number of likely N-dealkylation sites (tertiary alicyclic amines) is 2. The SMILES string of the molecule is CC[C@H](C)C(C(CC(=O)N1CCCC1C(OC)C(C)C(=O)NC(Cc1ccccc1)C(=O)NCc1ccc(NC(=O)C(CCCNC(N)=O)NC(=O)CNC(=O)COCCOCCOCC(=O)N2CCC(C(=O)OC(=C(/C)F)/C(F)=C(F)\C(F)=C\F)CC2C)cc1)OC)N(C)C(=O)CNC(=O)C(C(C)C)N(C)C. The second-order valence-corrected chi connectivity index (χ2v) is 27.2. The molecule has 2 heterocycles. The Kier molecular flexibility index (Phi) is 39.9. The number of carbonyl (C=O) groups excluding carboxylic acids is 11. The molecule has 34 heteroatoms. The van der Waals surface area contributed by atoms with Gasteiger partial charge in [-0.1, -0.05) is 83.5 Å². The quantitative estimate of drug-likeness (QED) is 0.0142. The van der Waals surface area contributed by atoms with E-state index in [2.05, 4.69) is 42.0 Å². The minimum atomic E-state index is -2.40. The van der Waals surface area contributed by atoms with Gasteiger partial charge in [-0.25, -0.2) is 22.4 Å². The topological polar surface area (TPSA) is 366 Å². The zero-order valence-electron chi connectivity index (χ0n) is 63.7. The van der Waals surface area contributed by atoms with Gasteiger partial charge >= 0.3 is 12.0 Å². The van der Waals surface area contributed by atoms with Crippen LogP contribution in [0.3, 0.4) is 0 Å². The van der Waals surface area contributed by atoms with E-state index in [4.69, 9.17) is 29.4 Å². The van der Waals surface area contributed by atoms with E-state index in [1.807, 2.05) is 58.0 Å². The highest BCUT2D eigenvalue weighted by Gasteiger charge is 2.43. The number of hydrogen-bond donors (Lipinski definition) is 8. The minimum Gasteiger partial charge on any atom is -0.420 e. The Bertz CT molecular complexity index is 3400. The van der Waals surface area contributed by atoms with Gasteiger partial charge in [0.2, 0.25) is 70.6 Å². The second-order valence-electron chi connectivity index (χ2n) is 27.2. The molecule has 29 nitrogen and oxygen atoms in total. The number of urea groups is 1. The number of primary amides is 1. The maximum Gasteiger partial charge on any atom is 0.314 e. The number of esters is 1. The lowest BCUT2D eigenvalue weighted by Crippen LogP contribution is -2.55. The van der Waals surface area contributed by atoms with Gasteiger partial charge in [0.1, 0.15) is 37.5 Å². The van der Waals surface area contributed by atoms with Gasteiger partial charge in [0.15, 0.2) is 5.83 Å². The number of nitrogens with zero attached hydrogens (tertiary/aromatic N) is 4. The molecule has 0 aliphatic carbocycles. The van der Waals surface area contributed by atoms with Gasteiger partial charge in [0.05, 0.1) is 88.1 Å². The standard InChI is InChI=1S/C74H109F5N12O17/c1-13-45(4)66(89(10)61(95)41-84-72(100)65(44(2)3)88(8)9)57(103-11)37-60(94)91-29-18-22-56(91)67(104-12)47(6)69(97)87-55(36-49-19-15-14-16-20-49)70(98)83-39-50-23-25-52(26-24-50)85-71(99)54(21-17-28-81-74(80)102)86-58(92)40-82-59(93)42-106-33-31-105-32-34-107-43-62(96)90-30-27-51(35-46(90)5)73(101)108-68(48(7)76)64(79)63(78)53(77)38-75/h14-16,19-20,23-26,38,44-47,51,54-57,65-67H,13,17-18,21-22,27-37,39-43H2,1-12H3,(H,82,93)(H,83,98)(H,84,100)(H,85,99)(H,86,92)(H,87,97)(H3,80,81,102)/b53-38-,64-63-,68-48-/t45-,46?,47?,51?,54?,55?,56?,57?,65?,66?,67?/m0/s1. The summed E-state index contributed by atoms with van der Waals surface area (Å²) in [6.45, 7) is 10.6. The molecule has 2 aromatic carbocycles. The molecule has 4 rings (SSSR count). The van der Waals surface area contributed by atoms with Gasteiger partial charge in [-0.15, -0.1) is 0 Å². The minimum absolute atomic E-state index is 0.000164. The first-order valence-electron chi connectivity index (χ1n) is 36.1. The summed E-state index contributed by atoms with van der Waals surface area (Å²) in [5, 5.41) is 18.8. The molecular formula is C74H109F5N12O17. The number of hydrogen-bond acceptors (Lipinski definition) is 18. The van der Waals surface area contributed by atoms with Crippen molar-refractivity contribution in [1.29, 1.82) is 0 Å². The number of carbonyl (C=O) groups is 11. The summed E-state index contributed by atoms with van der Waals surface area (Å²) < 4.78 is 101. The average Bonchev–Trinajstić information content (AvgIpc) is 1.54. The van der Waals surface area contributed by atoms with E-state index in [1.54, 1.807) is 74.0 Å². The Balaban J connectivity index is 1.25. The lowest BCUT2D eigenvalue weighted by molar-refractivity contribution is -0.151. The molecule has 11 atom stereocenters. The number of rotatable bonds is 45. The van der Waals surface area contributed by atoms with Gasteiger partial charge in [-0.2, -0.15) is 4.39 Å². The predicted molar refractivity (Wildman–Crippen MR) is 388 cm³/mol. The van der Waals surface area contributed by atoms with Gasteiger partial charge < -0.3 is 86.1 Å². The number of methoxy groups -OCH3 is 2. The first-order valence-corrected chi connectivity index (χ1v) is 36.1. The van der Waals surface area contributed by atoms with E-state index in [-0.39, 0.29) is 127 Å². The summed E-state index contributed by atoms with van der Waals surface area (Å²) in [5.74, 6) is -17.4. The first-order chi connectivity index (χ1) is 51.3. The summed E-state index contributed by atoms with van der Waals surface area (Å²) in [6, 6.07) is 10.5. The van der Waals surface area contributed by atoms with Crippen LogP contribution in [0.2, 0.25) is 0 Å². The van der Waals surface area contributed by atoms with Crippen LogP contribution in [0.1, 0.15) is 111 Å². The van der Waals surface area contributed by atoms with Crippen LogP contribution >= 0.6 is 0 Å². The third-order valence-corrected chi connectivity index (χ3v) is 18.8. The second kappa shape index (κ2) is 47.1. The smallest absolute Gasteiger partial charge is 0.314 e. The fourth-order valence-corrected chi connectivity index (χ4v) is 12.9. The Hall–Kier alpha value is -8.96. The Labute approximate surface area is 628 Å². The number of allylic oxidation sites excluding steroid dienone is 4. The van der Waals surface area contributed by atoms with Crippen molar-refractivity contribution in [3.8, 4) is 0 Å². The molecule has 2 saturated heterocycles. The number of amides is 11. The third-order valence-electron chi connectivity index (χ3n) is 18.8. The van der Waals surface area contributed by atoms with Crippen molar-refractivity contribution in [2.24, 2.45) is 29.4 Å². The van der Waals surface area contributed by atoms with Crippen molar-refractivity contribution in [3.05, 3.63) is 101 Å². The highest BCUT2D eigenvalue weighted by atomic mass is 19.2. The van der Waals surface area contributed by atoms with Crippen LogP contribution in [0, 0.1) is 23.7 Å². The van der Waals surface area contributed by atoms with Gasteiger partial charge in [-0.3, -0.25) is 52.8 Å². The van der Waals surface area contributed by atoms with Crippen LogP contribution in [0.4, 0.5) is 32.4 Å². The van der Waals surface area contributed by atoms with Gasteiger partial charge in [-0.05, 0) is 102 Å². The lowest BCUT2D eigenvalue weighted by atomic mass is 9.90. The van der Waals surface area contributed by atoms with Crippen LogP contribution in [0.5, 0.6) is 0 Å². The molecule has 0 spiro atoms. The van der Waals surface area contributed by atoms with E-state index in [9.17, 15) is 74.7 Å². The van der Waals surface area contributed by atoms with Crippen molar-refractivity contribution < 1.29 is 103 Å². The highest BCUT2D eigenvalue weighted by Crippen LogP contribution is 2.33. The van der Waals surface area contributed by atoms with Crippen molar-refractivity contribution in [3.63, 3.8) is 0 Å². The van der Waals surface area contributed by atoms with Crippen molar-refractivity contribution in [2.45, 2.75) is 161 Å². The molecule has 2 aromatic rings. The van der Waals surface area contributed by atoms with E-state index in [1.165, 1.54) is 19.1 Å². The van der Waals surface area contributed by atoms with E-state index in [0.29, 0.717) is 44.0 Å². The normalized spacial score (nSPS) is 18.0. The fraction of sp³-hybridized carbons (Fsp3) is 0.608. The molecule has 0 aromatic heterocycles. The molecule has 602 valence electrons. The van der Waals surface area contributed by atoms with E-state index in [0.717, 1.165) is 5.56 Å². The Morgan fingerprint density at radius 1 is 0.694 bits per heavy atom. The number of nitrogens with two attached hydrogens (primary N) is 1. The Morgan fingerprint density at radius 3 is 1.94 bits per heavy atom. The van der Waals surface area contributed by atoms with Crippen LogP contribution in [0.25, 0.3) is 0 Å². The van der Waals surface area contributed by atoms with Crippen LogP contribution < -0.4 is 43.0 Å². The summed E-state index contributed by atoms with van der Waals surface area (Å²) >= 11 is 0. The van der Waals surface area contributed by atoms with Crippen molar-refractivity contribution in [1.82, 2.24) is 51.5 Å². The maximum absolute atomic E-state index is 14.5. The zero-order valence-corrected chi connectivity index (χ0v) is 63.7. The molecule has 0 bridgehead atoms. The largest absolute Gasteiger partial charge is 0.420 e. The molecule has 0 saturated carbocycles. The number of nitrogens with one attached hydrogen (secondary N) is 7. The van der Waals surface area contributed by atoms with Crippen molar-refractivity contribution >= 4 is 70.9 Å². The van der Waals surface area contributed by atoms with Crippen LogP contribution in [-0.4, -0.2) is 241 Å². The summed E-state index contributed by atoms with van der Waals surface area (Å²) in [5.41, 5.74) is 6.92. The molecule has 9 N–H and O–H groups in total.